The molecule has 84 valence electrons. The molecular formula is C13H19BrS. The SMILES string of the molecule is CCSc1ccc(C(C)C(C)CBr)cc1. The predicted molar refractivity (Wildman–Crippen MR) is 74.2 cm³/mol. The molecular weight excluding hydrogens is 268 g/mol. The summed E-state index contributed by atoms with van der Waals surface area (Å²) in [5.41, 5.74) is 1.45. The third-order valence-electron chi connectivity index (χ3n) is 2.81. The summed E-state index contributed by atoms with van der Waals surface area (Å²) in [4.78, 5) is 1.37. The lowest BCUT2D eigenvalue weighted by Gasteiger charge is -2.18. The first kappa shape index (κ1) is 13.1. The summed E-state index contributed by atoms with van der Waals surface area (Å²) in [6, 6.07) is 9.01. The van der Waals surface area contributed by atoms with Gasteiger partial charge in [-0.05, 0) is 35.3 Å². The molecule has 1 aromatic carbocycles. The van der Waals surface area contributed by atoms with Crippen LogP contribution in [0.25, 0.3) is 0 Å². The van der Waals surface area contributed by atoms with Crippen molar-refractivity contribution in [2.75, 3.05) is 11.1 Å². The van der Waals surface area contributed by atoms with Gasteiger partial charge in [0.25, 0.3) is 0 Å². The van der Waals surface area contributed by atoms with Crippen LogP contribution >= 0.6 is 27.7 Å². The van der Waals surface area contributed by atoms with E-state index in [1.807, 2.05) is 11.8 Å². The van der Waals surface area contributed by atoms with Gasteiger partial charge in [0, 0.05) is 10.2 Å². The highest BCUT2D eigenvalue weighted by atomic mass is 79.9. The van der Waals surface area contributed by atoms with Gasteiger partial charge < -0.3 is 0 Å². The molecule has 0 spiro atoms. The Morgan fingerprint density at radius 1 is 1.20 bits per heavy atom. The van der Waals surface area contributed by atoms with E-state index < -0.39 is 0 Å². The number of alkyl halides is 1. The highest BCUT2D eigenvalue weighted by Crippen LogP contribution is 2.27. The van der Waals surface area contributed by atoms with Gasteiger partial charge in [0.1, 0.15) is 0 Å². The zero-order valence-corrected chi connectivity index (χ0v) is 12.1. The lowest BCUT2D eigenvalue weighted by Crippen LogP contribution is -2.07. The third-order valence-corrected chi connectivity index (χ3v) is 4.73. The average molecular weight is 287 g/mol. The van der Waals surface area contributed by atoms with Gasteiger partial charge in [-0.25, -0.2) is 0 Å². The first-order valence-corrected chi connectivity index (χ1v) is 7.58. The number of hydrogen-bond donors (Lipinski definition) is 0. The molecule has 0 nitrogen and oxygen atoms in total. The fourth-order valence-corrected chi connectivity index (χ4v) is 2.72. The first-order valence-electron chi connectivity index (χ1n) is 5.47. The Kier molecular flexibility index (Phi) is 5.77. The van der Waals surface area contributed by atoms with E-state index in [2.05, 4.69) is 61.0 Å². The highest BCUT2D eigenvalue weighted by Gasteiger charge is 2.12. The molecule has 0 heterocycles. The molecule has 1 aromatic rings. The van der Waals surface area contributed by atoms with Gasteiger partial charge in [-0.15, -0.1) is 11.8 Å². The fourth-order valence-electron chi connectivity index (χ4n) is 1.50. The molecule has 0 bridgehead atoms. The van der Waals surface area contributed by atoms with E-state index in [0.29, 0.717) is 11.8 Å². The van der Waals surface area contributed by atoms with Gasteiger partial charge in [-0.2, -0.15) is 0 Å². The molecule has 0 saturated carbocycles. The molecule has 0 saturated heterocycles. The second-order valence-corrected chi connectivity index (χ2v) is 5.91. The highest BCUT2D eigenvalue weighted by molar-refractivity contribution is 9.09. The molecule has 1 rings (SSSR count). The number of benzene rings is 1. The van der Waals surface area contributed by atoms with Crippen LogP contribution in [0.1, 0.15) is 32.3 Å². The van der Waals surface area contributed by atoms with E-state index >= 15 is 0 Å². The van der Waals surface area contributed by atoms with Crippen LogP contribution < -0.4 is 0 Å². The minimum Gasteiger partial charge on any atom is -0.126 e. The van der Waals surface area contributed by atoms with E-state index in [4.69, 9.17) is 0 Å². The molecule has 0 fully saturated rings. The van der Waals surface area contributed by atoms with Crippen LogP contribution in [0.5, 0.6) is 0 Å². The van der Waals surface area contributed by atoms with Crippen LogP contribution in [0.15, 0.2) is 29.2 Å². The Morgan fingerprint density at radius 3 is 2.27 bits per heavy atom. The molecule has 0 amide bonds. The normalized spacial score (nSPS) is 14.9. The zero-order valence-electron chi connectivity index (χ0n) is 9.66. The number of hydrogen-bond acceptors (Lipinski definition) is 1. The second-order valence-electron chi connectivity index (χ2n) is 3.92. The average Bonchev–Trinajstić information content (AvgIpc) is 2.28. The lowest BCUT2D eigenvalue weighted by atomic mass is 9.90. The van der Waals surface area contributed by atoms with Crippen LogP contribution in [0.2, 0.25) is 0 Å². The molecule has 0 aliphatic carbocycles. The van der Waals surface area contributed by atoms with Crippen molar-refractivity contribution >= 4 is 27.7 Å². The topological polar surface area (TPSA) is 0 Å². The van der Waals surface area contributed by atoms with Crippen molar-refractivity contribution in [3.05, 3.63) is 29.8 Å². The van der Waals surface area contributed by atoms with Gasteiger partial charge in [-0.1, -0.05) is 48.8 Å². The van der Waals surface area contributed by atoms with Crippen molar-refractivity contribution in [2.45, 2.75) is 31.6 Å². The molecule has 2 atom stereocenters. The Hall–Kier alpha value is 0.0500. The van der Waals surface area contributed by atoms with Gasteiger partial charge in [-0.3, -0.25) is 0 Å². The number of halogens is 1. The summed E-state index contributed by atoms with van der Waals surface area (Å²) >= 11 is 5.45. The van der Waals surface area contributed by atoms with E-state index in [1.165, 1.54) is 10.5 Å². The maximum atomic E-state index is 3.55. The largest absolute Gasteiger partial charge is 0.126 e. The van der Waals surface area contributed by atoms with Crippen LogP contribution in [0, 0.1) is 5.92 Å². The summed E-state index contributed by atoms with van der Waals surface area (Å²) < 4.78 is 0. The van der Waals surface area contributed by atoms with Crippen molar-refractivity contribution < 1.29 is 0 Å². The maximum Gasteiger partial charge on any atom is 0.00720 e. The van der Waals surface area contributed by atoms with Gasteiger partial charge in [0.2, 0.25) is 0 Å². The van der Waals surface area contributed by atoms with E-state index in [-0.39, 0.29) is 0 Å². The molecule has 15 heavy (non-hydrogen) atoms. The van der Waals surface area contributed by atoms with Gasteiger partial charge in [0.15, 0.2) is 0 Å². The first-order chi connectivity index (χ1) is 7.19. The van der Waals surface area contributed by atoms with Crippen molar-refractivity contribution in [1.29, 1.82) is 0 Å². The minimum atomic E-state index is 0.630. The predicted octanol–water partition coefficient (Wildman–Crippen LogP) is 4.93. The Morgan fingerprint density at radius 2 is 1.80 bits per heavy atom. The smallest absolute Gasteiger partial charge is 0.00720 e. The van der Waals surface area contributed by atoms with Gasteiger partial charge in [0.05, 0.1) is 0 Å². The van der Waals surface area contributed by atoms with Crippen molar-refractivity contribution in [1.82, 2.24) is 0 Å². The monoisotopic (exact) mass is 286 g/mol. The Bertz CT molecular complexity index is 281. The number of rotatable bonds is 5. The Labute approximate surface area is 106 Å². The third kappa shape index (κ3) is 3.84. The van der Waals surface area contributed by atoms with E-state index in [9.17, 15) is 0 Å². The quantitative estimate of drug-likeness (QED) is 0.546. The fraction of sp³-hybridized carbons (Fsp3) is 0.538. The second kappa shape index (κ2) is 6.59. The zero-order chi connectivity index (χ0) is 11.3. The summed E-state index contributed by atoms with van der Waals surface area (Å²) in [5.74, 6) is 2.46. The van der Waals surface area contributed by atoms with Crippen molar-refractivity contribution in [3.8, 4) is 0 Å². The van der Waals surface area contributed by atoms with Crippen molar-refractivity contribution in [2.24, 2.45) is 5.92 Å². The van der Waals surface area contributed by atoms with E-state index in [1.54, 1.807) is 0 Å². The molecule has 2 heteroatoms. The molecule has 0 radical (unpaired) electrons. The minimum absolute atomic E-state index is 0.630. The maximum absolute atomic E-state index is 3.55. The van der Waals surface area contributed by atoms with Crippen LogP contribution in [-0.4, -0.2) is 11.1 Å². The summed E-state index contributed by atoms with van der Waals surface area (Å²) in [7, 11) is 0. The standard InChI is InChI=1S/C13H19BrS/c1-4-15-13-7-5-12(6-8-13)11(3)10(2)9-14/h5-8,10-11H,4,9H2,1-3H3. The lowest BCUT2D eigenvalue weighted by molar-refractivity contribution is 0.547. The summed E-state index contributed by atoms with van der Waals surface area (Å²) in [6.45, 7) is 6.77. The molecule has 0 N–H and O–H groups in total. The van der Waals surface area contributed by atoms with Crippen molar-refractivity contribution in [3.63, 3.8) is 0 Å². The molecule has 0 aliphatic rings. The molecule has 2 unspecified atom stereocenters. The van der Waals surface area contributed by atoms with E-state index in [0.717, 1.165) is 11.1 Å². The van der Waals surface area contributed by atoms with Crippen LogP contribution in [-0.2, 0) is 0 Å². The molecule has 0 aliphatic heterocycles. The number of thioether (sulfide) groups is 1. The van der Waals surface area contributed by atoms with Crippen LogP contribution in [0.4, 0.5) is 0 Å². The summed E-state index contributed by atoms with van der Waals surface area (Å²) in [6.07, 6.45) is 0. The summed E-state index contributed by atoms with van der Waals surface area (Å²) in [5, 5.41) is 1.07. The Balaban J connectivity index is 2.70. The van der Waals surface area contributed by atoms with Gasteiger partial charge >= 0.3 is 0 Å². The van der Waals surface area contributed by atoms with Crippen LogP contribution in [0.3, 0.4) is 0 Å². The molecule has 0 aromatic heterocycles.